The Morgan fingerprint density at radius 2 is 2.25 bits per heavy atom. The minimum absolute atomic E-state index is 0.00238. The number of aromatic nitrogens is 2. The summed E-state index contributed by atoms with van der Waals surface area (Å²) < 4.78 is 10.7. The molecule has 1 aromatic heterocycles. The fourth-order valence-corrected chi connectivity index (χ4v) is 2.12. The zero-order chi connectivity index (χ0) is 14.4. The predicted molar refractivity (Wildman–Crippen MR) is 72.0 cm³/mol. The lowest BCUT2D eigenvalue weighted by Gasteiger charge is -2.31. The zero-order valence-corrected chi connectivity index (χ0v) is 11.5. The van der Waals surface area contributed by atoms with Crippen LogP contribution in [0.5, 0.6) is 5.88 Å². The standard InChI is InChI=1S/C13H19N3O4/c1-2-19-11-3-6-14-13(15-11)16-7-4-10(5-8-16)20-9-12(17)18/h3,6,10H,2,4-5,7-9H2,1H3,(H,17,18). The van der Waals surface area contributed by atoms with Crippen molar-refractivity contribution in [3.8, 4) is 5.88 Å². The fraction of sp³-hybridized carbons (Fsp3) is 0.615. The van der Waals surface area contributed by atoms with Gasteiger partial charge in [0.2, 0.25) is 11.8 Å². The normalized spacial score (nSPS) is 16.1. The molecule has 1 aliphatic heterocycles. The van der Waals surface area contributed by atoms with E-state index in [1.807, 2.05) is 6.92 Å². The summed E-state index contributed by atoms with van der Waals surface area (Å²) >= 11 is 0. The van der Waals surface area contributed by atoms with Crippen LogP contribution in [0.15, 0.2) is 12.3 Å². The van der Waals surface area contributed by atoms with Gasteiger partial charge in [0, 0.05) is 25.4 Å². The van der Waals surface area contributed by atoms with E-state index in [4.69, 9.17) is 14.6 Å². The van der Waals surface area contributed by atoms with E-state index in [1.165, 1.54) is 0 Å². The number of hydrogen-bond acceptors (Lipinski definition) is 6. The molecule has 0 saturated carbocycles. The number of carbonyl (C=O) groups is 1. The number of anilines is 1. The van der Waals surface area contributed by atoms with E-state index < -0.39 is 5.97 Å². The Hall–Kier alpha value is -1.89. The Kier molecular flexibility index (Phi) is 5.11. The van der Waals surface area contributed by atoms with Gasteiger partial charge >= 0.3 is 5.97 Å². The van der Waals surface area contributed by atoms with Gasteiger partial charge in [0.05, 0.1) is 12.7 Å². The smallest absolute Gasteiger partial charge is 0.329 e. The summed E-state index contributed by atoms with van der Waals surface area (Å²) in [5.41, 5.74) is 0. The third-order valence-electron chi connectivity index (χ3n) is 3.08. The van der Waals surface area contributed by atoms with Gasteiger partial charge in [0.25, 0.3) is 0 Å². The molecule has 0 aromatic carbocycles. The highest BCUT2D eigenvalue weighted by atomic mass is 16.5. The van der Waals surface area contributed by atoms with Crippen LogP contribution in [0.4, 0.5) is 5.95 Å². The van der Waals surface area contributed by atoms with Gasteiger partial charge in [-0.1, -0.05) is 0 Å². The van der Waals surface area contributed by atoms with Gasteiger partial charge in [-0.15, -0.1) is 0 Å². The van der Waals surface area contributed by atoms with Crippen molar-refractivity contribution in [1.29, 1.82) is 0 Å². The SMILES string of the molecule is CCOc1ccnc(N2CCC(OCC(=O)O)CC2)n1. The van der Waals surface area contributed by atoms with E-state index in [0.29, 0.717) is 18.4 Å². The summed E-state index contributed by atoms with van der Waals surface area (Å²) in [6.45, 7) is 3.75. The number of piperidine rings is 1. The second-order valence-electron chi connectivity index (χ2n) is 4.52. The van der Waals surface area contributed by atoms with Gasteiger partial charge in [-0.05, 0) is 19.8 Å². The molecule has 0 unspecified atom stereocenters. The molecule has 0 amide bonds. The van der Waals surface area contributed by atoms with E-state index >= 15 is 0 Å². The molecular weight excluding hydrogens is 262 g/mol. The number of carboxylic acid groups (broad SMARTS) is 1. The van der Waals surface area contributed by atoms with Crippen LogP contribution < -0.4 is 9.64 Å². The first kappa shape index (κ1) is 14.5. The van der Waals surface area contributed by atoms with Crippen LogP contribution in [0.25, 0.3) is 0 Å². The molecule has 0 atom stereocenters. The molecule has 0 spiro atoms. The summed E-state index contributed by atoms with van der Waals surface area (Å²) in [4.78, 5) is 21.1. The van der Waals surface area contributed by atoms with Gasteiger partial charge < -0.3 is 19.5 Å². The van der Waals surface area contributed by atoms with Crippen LogP contribution in [0.2, 0.25) is 0 Å². The molecule has 0 bridgehead atoms. The maximum absolute atomic E-state index is 10.5. The molecule has 1 fully saturated rings. The molecule has 7 heteroatoms. The van der Waals surface area contributed by atoms with Crippen LogP contribution >= 0.6 is 0 Å². The lowest BCUT2D eigenvalue weighted by atomic mass is 10.1. The maximum Gasteiger partial charge on any atom is 0.329 e. The highest BCUT2D eigenvalue weighted by Crippen LogP contribution is 2.19. The lowest BCUT2D eigenvalue weighted by Crippen LogP contribution is -2.38. The van der Waals surface area contributed by atoms with Gasteiger partial charge in [-0.3, -0.25) is 0 Å². The largest absolute Gasteiger partial charge is 0.480 e. The van der Waals surface area contributed by atoms with Gasteiger partial charge in [-0.25, -0.2) is 9.78 Å². The average Bonchev–Trinajstić information content (AvgIpc) is 2.46. The summed E-state index contributed by atoms with van der Waals surface area (Å²) in [6, 6.07) is 1.73. The van der Waals surface area contributed by atoms with Crippen molar-refractivity contribution < 1.29 is 19.4 Å². The van der Waals surface area contributed by atoms with Crippen molar-refractivity contribution >= 4 is 11.9 Å². The molecule has 1 saturated heterocycles. The zero-order valence-electron chi connectivity index (χ0n) is 11.5. The Morgan fingerprint density at radius 3 is 2.90 bits per heavy atom. The quantitative estimate of drug-likeness (QED) is 0.830. The maximum atomic E-state index is 10.5. The molecule has 0 aliphatic carbocycles. The number of ether oxygens (including phenoxy) is 2. The summed E-state index contributed by atoms with van der Waals surface area (Å²) in [7, 11) is 0. The number of nitrogens with zero attached hydrogens (tertiary/aromatic N) is 3. The average molecular weight is 281 g/mol. The number of aliphatic carboxylic acids is 1. The van der Waals surface area contributed by atoms with Crippen molar-refractivity contribution in [3.05, 3.63) is 12.3 Å². The van der Waals surface area contributed by atoms with Crippen molar-refractivity contribution in [2.45, 2.75) is 25.9 Å². The van der Waals surface area contributed by atoms with Gasteiger partial charge in [0.15, 0.2) is 0 Å². The van der Waals surface area contributed by atoms with Crippen molar-refractivity contribution in [2.75, 3.05) is 31.2 Å². The Bertz CT molecular complexity index is 447. The molecule has 1 N–H and O–H groups in total. The first-order chi connectivity index (χ1) is 9.69. The highest BCUT2D eigenvalue weighted by molar-refractivity contribution is 5.68. The van der Waals surface area contributed by atoms with E-state index in [2.05, 4.69) is 14.9 Å². The minimum Gasteiger partial charge on any atom is -0.480 e. The van der Waals surface area contributed by atoms with E-state index in [-0.39, 0.29) is 12.7 Å². The van der Waals surface area contributed by atoms with Crippen LogP contribution in [0.1, 0.15) is 19.8 Å². The Labute approximate surface area is 117 Å². The van der Waals surface area contributed by atoms with Crippen LogP contribution in [0.3, 0.4) is 0 Å². The third-order valence-corrected chi connectivity index (χ3v) is 3.08. The van der Waals surface area contributed by atoms with E-state index in [0.717, 1.165) is 25.9 Å². The first-order valence-electron chi connectivity index (χ1n) is 6.73. The summed E-state index contributed by atoms with van der Waals surface area (Å²) in [5.74, 6) is 0.287. The molecule has 2 heterocycles. The van der Waals surface area contributed by atoms with Gasteiger partial charge in [-0.2, -0.15) is 4.98 Å². The summed E-state index contributed by atoms with van der Waals surface area (Å²) in [5, 5.41) is 8.59. The van der Waals surface area contributed by atoms with Crippen LogP contribution in [-0.2, 0) is 9.53 Å². The fourth-order valence-electron chi connectivity index (χ4n) is 2.12. The molecule has 1 aromatic rings. The van der Waals surface area contributed by atoms with E-state index in [9.17, 15) is 4.79 Å². The summed E-state index contributed by atoms with van der Waals surface area (Å²) in [6.07, 6.45) is 3.23. The molecule has 20 heavy (non-hydrogen) atoms. The molecule has 110 valence electrons. The second-order valence-corrected chi connectivity index (χ2v) is 4.52. The van der Waals surface area contributed by atoms with E-state index in [1.54, 1.807) is 12.3 Å². The van der Waals surface area contributed by atoms with Gasteiger partial charge in [0.1, 0.15) is 6.61 Å². The minimum atomic E-state index is -0.930. The number of rotatable bonds is 6. The molecule has 2 rings (SSSR count). The third kappa shape index (κ3) is 4.06. The van der Waals surface area contributed by atoms with Crippen LogP contribution in [-0.4, -0.2) is 53.5 Å². The van der Waals surface area contributed by atoms with Crippen molar-refractivity contribution in [2.24, 2.45) is 0 Å². The molecule has 0 radical (unpaired) electrons. The Morgan fingerprint density at radius 1 is 1.50 bits per heavy atom. The monoisotopic (exact) mass is 281 g/mol. The topological polar surface area (TPSA) is 84.8 Å². The predicted octanol–water partition coefficient (Wildman–Crippen LogP) is 0.945. The molecule has 7 nitrogen and oxygen atoms in total. The van der Waals surface area contributed by atoms with Crippen molar-refractivity contribution in [3.63, 3.8) is 0 Å². The molecular formula is C13H19N3O4. The number of carboxylic acids is 1. The molecule has 1 aliphatic rings. The van der Waals surface area contributed by atoms with Crippen LogP contribution in [0, 0.1) is 0 Å². The lowest BCUT2D eigenvalue weighted by molar-refractivity contribution is -0.144. The Balaban J connectivity index is 1.86. The first-order valence-corrected chi connectivity index (χ1v) is 6.73. The van der Waals surface area contributed by atoms with Crippen molar-refractivity contribution in [1.82, 2.24) is 9.97 Å². The number of hydrogen-bond donors (Lipinski definition) is 1. The second kappa shape index (κ2) is 7.04. The highest BCUT2D eigenvalue weighted by Gasteiger charge is 2.22.